The minimum absolute atomic E-state index is 0.0267. The normalized spacial score (nSPS) is 20.9. The third-order valence-corrected chi connectivity index (χ3v) is 9.15. The van der Waals surface area contributed by atoms with Crippen molar-refractivity contribution in [2.75, 3.05) is 18.0 Å². The smallest absolute Gasteiger partial charge is 0.337 e. The average molecular weight is 603 g/mol. The lowest BCUT2D eigenvalue weighted by Gasteiger charge is -2.41. The molecule has 1 aromatic heterocycles. The topological polar surface area (TPSA) is 71.9 Å². The molecule has 7 heteroatoms. The van der Waals surface area contributed by atoms with Crippen molar-refractivity contribution in [1.29, 1.82) is 0 Å². The largest absolute Gasteiger partial charge is 0.490 e. The molecule has 2 aromatic carbocycles. The number of aliphatic carboxylic acids is 1. The maximum atomic E-state index is 13.5. The fraction of sp³-hybridized carbons (Fsp3) is 0.514. The zero-order valence-corrected chi connectivity index (χ0v) is 27.2. The van der Waals surface area contributed by atoms with E-state index in [-0.39, 0.29) is 23.3 Å². The summed E-state index contributed by atoms with van der Waals surface area (Å²) in [6.45, 7) is 15.8. The van der Waals surface area contributed by atoms with Crippen LogP contribution in [0, 0.1) is 25.1 Å². The van der Waals surface area contributed by atoms with Gasteiger partial charge < -0.3 is 19.5 Å². The van der Waals surface area contributed by atoms with Gasteiger partial charge in [-0.15, -0.1) is 0 Å². The first-order valence-corrected chi connectivity index (χ1v) is 15.9. The minimum Gasteiger partial charge on any atom is -0.490 e. The first-order valence-electron chi connectivity index (χ1n) is 15.9. The van der Waals surface area contributed by atoms with E-state index in [1.165, 1.54) is 12.1 Å². The summed E-state index contributed by atoms with van der Waals surface area (Å²) in [5.41, 5.74) is 5.64. The highest BCUT2D eigenvalue weighted by atomic mass is 19.1. The number of pyridine rings is 1. The quantitative estimate of drug-likeness (QED) is 0.278. The van der Waals surface area contributed by atoms with Gasteiger partial charge in [0, 0.05) is 41.5 Å². The van der Waals surface area contributed by atoms with Crippen LogP contribution in [0.2, 0.25) is 0 Å². The molecule has 0 bridgehead atoms. The summed E-state index contributed by atoms with van der Waals surface area (Å²) >= 11 is 0. The van der Waals surface area contributed by atoms with Crippen molar-refractivity contribution in [3.63, 3.8) is 0 Å². The van der Waals surface area contributed by atoms with Gasteiger partial charge in [-0.3, -0.25) is 4.98 Å². The van der Waals surface area contributed by atoms with E-state index in [0.717, 1.165) is 79.0 Å². The molecule has 2 aliphatic rings. The summed E-state index contributed by atoms with van der Waals surface area (Å²) in [7, 11) is 0. The second kappa shape index (κ2) is 12.5. The highest BCUT2D eigenvalue weighted by Gasteiger charge is 2.37. The molecule has 2 fully saturated rings. The molecule has 0 radical (unpaired) electrons. The van der Waals surface area contributed by atoms with Gasteiger partial charge in [-0.05, 0) is 108 Å². The minimum atomic E-state index is -1.15. The number of nitrogens with zero attached hydrogens (tertiary/aromatic N) is 2. The molecule has 1 aliphatic heterocycles. The van der Waals surface area contributed by atoms with Gasteiger partial charge in [-0.25, -0.2) is 9.18 Å². The van der Waals surface area contributed by atoms with Gasteiger partial charge in [-0.2, -0.15) is 0 Å². The number of carboxylic acids is 1. The molecule has 0 spiro atoms. The highest BCUT2D eigenvalue weighted by Crippen LogP contribution is 2.45. The molecule has 0 amide bonds. The number of aryl methyl sites for hydroxylation is 2. The maximum Gasteiger partial charge on any atom is 0.337 e. The fourth-order valence-electron chi connectivity index (χ4n) is 6.79. The third kappa shape index (κ3) is 7.09. The molecule has 1 saturated carbocycles. The number of carbonyl (C=O) groups is 1. The molecule has 1 N–H and O–H groups in total. The summed E-state index contributed by atoms with van der Waals surface area (Å²) in [6.07, 6.45) is 3.93. The number of halogens is 1. The molecule has 2 heterocycles. The second-order valence-electron chi connectivity index (χ2n) is 14.3. The first kappa shape index (κ1) is 32.0. The van der Waals surface area contributed by atoms with Gasteiger partial charge in [0.2, 0.25) is 0 Å². The van der Waals surface area contributed by atoms with Crippen LogP contribution in [0.3, 0.4) is 0 Å². The Labute approximate surface area is 261 Å². The third-order valence-electron chi connectivity index (χ3n) is 9.15. The van der Waals surface area contributed by atoms with Crippen molar-refractivity contribution in [2.24, 2.45) is 5.41 Å². The molecule has 2 unspecified atom stereocenters. The highest BCUT2D eigenvalue weighted by molar-refractivity contribution is 5.88. The number of anilines is 1. The monoisotopic (exact) mass is 602 g/mol. The van der Waals surface area contributed by atoms with Gasteiger partial charge >= 0.3 is 5.97 Å². The Morgan fingerprint density at radius 2 is 1.64 bits per heavy atom. The van der Waals surface area contributed by atoms with E-state index in [1.807, 2.05) is 58.9 Å². The van der Waals surface area contributed by atoms with Crippen molar-refractivity contribution in [3.05, 3.63) is 76.9 Å². The van der Waals surface area contributed by atoms with Crippen molar-refractivity contribution < 1.29 is 23.8 Å². The number of benzene rings is 2. The van der Waals surface area contributed by atoms with Crippen LogP contribution in [0.4, 0.5) is 10.1 Å². The van der Waals surface area contributed by atoms with Crippen LogP contribution in [0.5, 0.6) is 5.75 Å². The maximum absolute atomic E-state index is 13.5. The average Bonchev–Trinajstić information content (AvgIpc) is 3.40. The molecule has 5 rings (SSSR count). The van der Waals surface area contributed by atoms with Crippen LogP contribution in [-0.2, 0) is 9.53 Å². The molecular weight excluding hydrogens is 555 g/mol. The molecule has 6 nitrogen and oxygen atoms in total. The van der Waals surface area contributed by atoms with Crippen molar-refractivity contribution >= 4 is 11.7 Å². The standard InChI is InChI=1S/C37H47FN2O4/c1-23-31(26-13-17-28(18-14-26)43-30-10-8-9-29(30)25-11-15-27(38)16-12-25)33(40-21-19-37(6,7)20-22-40)32(24(2)39-23)34(35(41)42)44-36(3,4)5/h11-18,29-30,34H,8-10,19-22H2,1-7H3,(H,41,42)/t29?,30?,34-/m0/s1. The second-order valence-corrected chi connectivity index (χ2v) is 14.3. The Bertz CT molecular complexity index is 1470. The van der Waals surface area contributed by atoms with Crippen LogP contribution in [0.25, 0.3) is 11.1 Å². The summed E-state index contributed by atoms with van der Waals surface area (Å²) < 4.78 is 26.3. The molecular formula is C37H47FN2O4. The zero-order chi connectivity index (χ0) is 31.8. The van der Waals surface area contributed by atoms with Crippen LogP contribution in [-0.4, -0.2) is 40.9 Å². The van der Waals surface area contributed by atoms with E-state index in [9.17, 15) is 14.3 Å². The van der Waals surface area contributed by atoms with Gasteiger partial charge in [0.25, 0.3) is 0 Å². The van der Waals surface area contributed by atoms with Crippen molar-refractivity contribution in [1.82, 2.24) is 4.98 Å². The number of carboxylic acid groups (broad SMARTS) is 1. The summed E-state index contributed by atoms with van der Waals surface area (Å²) in [5, 5.41) is 10.4. The lowest BCUT2D eigenvalue weighted by molar-refractivity contribution is -0.160. The number of ether oxygens (including phenoxy) is 2. The van der Waals surface area contributed by atoms with E-state index < -0.39 is 17.7 Å². The van der Waals surface area contributed by atoms with Gasteiger partial charge in [0.15, 0.2) is 6.10 Å². The van der Waals surface area contributed by atoms with Crippen LogP contribution in [0.1, 0.15) is 101 Å². The Morgan fingerprint density at radius 3 is 2.23 bits per heavy atom. The van der Waals surface area contributed by atoms with E-state index in [4.69, 9.17) is 14.5 Å². The Hall–Kier alpha value is -3.45. The fourth-order valence-corrected chi connectivity index (χ4v) is 6.79. The SMILES string of the molecule is Cc1nc(C)c([C@H](OC(C)(C)C)C(=O)O)c(N2CCC(C)(C)CC2)c1-c1ccc(OC2CCCC2c2ccc(F)cc2)cc1. The van der Waals surface area contributed by atoms with E-state index >= 15 is 0 Å². The summed E-state index contributed by atoms with van der Waals surface area (Å²) in [6, 6.07) is 14.9. The van der Waals surface area contributed by atoms with Crippen LogP contribution >= 0.6 is 0 Å². The molecule has 3 aromatic rings. The van der Waals surface area contributed by atoms with Crippen molar-refractivity contribution in [2.45, 2.75) is 104 Å². The first-order chi connectivity index (χ1) is 20.7. The lowest BCUT2D eigenvalue weighted by Crippen LogP contribution is -2.39. The molecule has 3 atom stereocenters. The number of aromatic nitrogens is 1. The molecule has 44 heavy (non-hydrogen) atoms. The van der Waals surface area contributed by atoms with Crippen molar-refractivity contribution in [3.8, 4) is 16.9 Å². The van der Waals surface area contributed by atoms with E-state index in [1.54, 1.807) is 0 Å². The zero-order valence-electron chi connectivity index (χ0n) is 27.2. The number of hydrogen-bond donors (Lipinski definition) is 1. The lowest BCUT2D eigenvalue weighted by atomic mass is 9.82. The molecule has 1 saturated heterocycles. The number of rotatable bonds is 8. The Balaban J connectivity index is 1.53. The van der Waals surface area contributed by atoms with Gasteiger partial charge in [-0.1, -0.05) is 38.1 Å². The predicted octanol–water partition coefficient (Wildman–Crippen LogP) is 8.79. The Kier molecular flexibility index (Phi) is 9.08. The Morgan fingerprint density at radius 1 is 1.00 bits per heavy atom. The van der Waals surface area contributed by atoms with E-state index in [0.29, 0.717) is 11.3 Å². The predicted molar refractivity (Wildman–Crippen MR) is 173 cm³/mol. The van der Waals surface area contributed by atoms with Gasteiger partial charge in [0.1, 0.15) is 17.7 Å². The summed E-state index contributed by atoms with van der Waals surface area (Å²) in [5.74, 6) is -0.232. The van der Waals surface area contributed by atoms with Gasteiger partial charge in [0.05, 0.1) is 11.3 Å². The van der Waals surface area contributed by atoms with E-state index in [2.05, 4.69) is 30.9 Å². The van der Waals surface area contributed by atoms with Crippen LogP contribution < -0.4 is 9.64 Å². The molecule has 1 aliphatic carbocycles. The van der Waals surface area contributed by atoms with Crippen LogP contribution in [0.15, 0.2) is 48.5 Å². The number of hydrogen-bond acceptors (Lipinski definition) is 5. The summed E-state index contributed by atoms with van der Waals surface area (Å²) in [4.78, 5) is 20.0. The molecule has 236 valence electrons. The number of piperidine rings is 1.